The van der Waals surface area contributed by atoms with Crippen LogP contribution in [0.25, 0.3) is 32.4 Å². The van der Waals surface area contributed by atoms with Gasteiger partial charge in [0.15, 0.2) is 0 Å². The molecule has 4 aromatic rings. The minimum absolute atomic E-state index is 1.07. The summed E-state index contributed by atoms with van der Waals surface area (Å²) in [6, 6.07) is 10.6. The molecule has 17 heavy (non-hydrogen) atoms. The van der Waals surface area contributed by atoms with Gasteiger partial charge in [-0.1, -0.05) is 6.07 Å². The Morgan fingerprint density at radius 1 is 0.824 bits per heavy atom. The van der Waals surface area contributed by atoms with Crippen LogP contribution in [0.2, 0.25) is 0 Å². The van der Waals surface area contributed by atoms with Crippen molar-refractivity contribution in [2.75, 3.05) is 0 Å². The maximum absolute atomic E-state index is 4.16. The first-order valence-corrected chi connectivity index (χ1v) is 5.51. The molecule has 3 heteroatoms. The third-order valence-electron chi connectivity index (χ3n) is 3.20. The monoisotopic (exact) mass is 219 g/mol. The number of benzene rings is 2. The summed E-state index contributed by atoms with van der Waals surface area (Å²) < 4.78 is 0. The van der Waals surface area contributed by atoms with Gasteiger partial charge in [-0.05, 0) is 40.4 Å². The van der Waals surface area contributed by atoms with E-state index in [2.05, 4.69) is 39.4 Å². The van der Waals surface area contributed by atoms with E-state index >= 15 is 0 Å². The summed E-state index contributed by atoms with van der Waals surface area (Å²) in [4.78, 5) is 4.16. The van der Waals surface area contributed by atoms with Gasteiger partial charge >= 0.3 is 0 Å². The Morgan fingerprint density at radius 2 is 1.82 bits per heavy atom. The fourth-order valence-electron chi connectivity index (χ4n) is 2.34. The fourth-order valence-corrected chi connectivity index (χ4v) is 2.34. The maximum Gasteiger partial charge on any atom is 0.0656 e. The van der Waals surface area contributed by atoms with Crippen LogP contribution in [0.5, 0.6) is 0 Å². The number of pyridine rings is 1. The van der Waals surface area contributed by atoms with Crippen molar-refractivity contribution >= 4 is 32.4 Å². The van der Waals surface area contributed by atoms with Crippen molar-refractivity contribution in [3.05, 3.63) is 48.9 Å². The Bertz CT molecular complexity index is 846. The zero-order valence-electron chi connectivity index (χ0n) is 9.01. The molecule has 0 aliphatic heterocycles. The average Bonchev–Trinajstić information content (AvgIpc) is 2.85. The predicted octanol–water partition coefficient (Wildman–Crippen LogP) is 3.26. The van der Waals surface area contributed by atoms with Gasteiger partial charge in [0.1, 0.15) is 0 Å². The SMILES string of the molecule is c1cc2cc3ccc4[nH]ncc4c3cc2cn1. The Hall–Kier alpha value is -2.42. The molecule has 4 rings (SSSR count). The van der Waals surface area contributed by atoms with Gasteiger partial charge < -0.3 is 0 Å². The minimum atomic E-state index is 1.07. The van der Waals surface area contributed by atoms with Gasteiger partial charge in [0.05, 0.1) is 11.7 Å². The molecule has 0 aliphatic rings. The summed E-state index contributed by atoms with van der Waals surface area (Å²) in [5, 5.41) is 13.1. The van der Waals surface area contributed by atoms with Crippen molar-refractivity contribution in [2.45, 2.75) is 0 Å². The number of nitrogens with one attached hydrogen (secondary N) is 1. The van der Waals surface area contributed by atoms with Gasteiger partial charge in [-0.3, -0.25) is 10.1 Å². The molecule has 3 nitrogen and oxygen atoms in total. The van der Waals surface area contributed by atoms with E-state index in [1.807, 2.05) is 24.7 Å². The number of fused-ring (bicyclic) bond motifs is 4. The Kier molecular flexibility index (Phi) is 1.56. The van der Waals surface area contributed by atoms with Gasteiger partial charge in [0, 0.05) is 23.2 Å². The van der Waals surface area contributed by atoms with Gasteiger partial charge in [-0.15, -0.1) is 0 Å². The van der Waals surface area contributed by atoms with Crippen LogP contribution in [-0.4, -0.2) is 15.2 Å². The second-order valence-corrected chi connectivity index (χ2v) is 4.19. The molecule has 2 aromatic heterocycles. The molecule has 0 unspecified atom stereocenters. The third kappa shape index (κ3) is 1.16. The first kappa shape index (κ1) is 8.70. The van der Waals surface area contributed by atoms with E-state index in [1.165, 1.54) is 16.2 Å². The first-order valence-electron chi connectivity index (χ1n) is 5.51. The molecule has 0 spiro atoms. The van der Waals surface area contributed by atoms with E-state index in [4.69, 9.17) is 0 Å². The fraction of sp³-hybridized carbons (Fsp3) is 0. The second-order valence-electron chi connectivity index (χ2n) is 4.19. The highest BCUT2D eigenvalue weighted by Gasteiger charge is 2.03. The lowest BCUT2D eigenvalue weighted by Crippen LogP contribution is -1.79. The molecule has 2 aromatic carbocycles. The minimum Gasteiger partial charge on any atom is -0.278 e. The zero-order valence-corrected chi connectivity index (χ0v) is 9.01. The lowest BCUT2D eigenvalue weighted by molar-refractivity contribution is 1.12. The van der Waals surface area contributed by atoms with Crippen molar-refractivity contribution < 1.29 is 0 Å². The second kappa shape index (κ2) is 3.04. The van der Waals surface area contributed by atoms with Crippen LogP contribution in [0, 0.1) is 0 Å². The number of aromatic amines is 1. The van der Waals surface area contributed by atoms with Crippen LogP contribution in [0.3, 0.4) is 0 Å². The van der Waals surface area contributed by atoms with Crippen LogP contribution in [0.4, 0.5) is 0 Å². The van der Waals surface area contributed by atoms with Crippen molar-refractivity contribution in [1.82, 2.24) is 15.2 Å². The number of nitrogens with zero attached hydrogens (tertiary/aromatic N) is 2. The Morgan fingerprint density at radius 3 is 2.82 bits per heavy atom. The van der Waals surface area contributed by atoms with Crippen molar-refractivity contribution in [3.63, 3.8) is 0 Å². The Balaban J connectivity index is 2.29. The molecule has 0 radical (unpaired) electrons. The molecule has 0 saturated heterocycles. The molecule has 0 amide bonds. The highest BCUT2D eigenvalue weighted by molar-refractivity contribution is 6.10. The smallest absolute Gasteiger partial charge is 0.0656 e. The summed E-state index contributed by atoms with van der Waals surface area (Å²) in [5.74, 6) is 0. The van der Waals surface area contributed by atoms with Crippen LogP contribution in [0.15, 0.2) is 48.9 Å². The van der Waals surface area contributed by atoms with Crippen LogP contribution >= 0.6 is 0 Å². The van der Waals surface area contributed by atoms with Crippen LogP contribution < -0.4 is 0 Å². The lowest BCUT2D eigenvalue weighted by atomic mass is 10.0. The summed E-state index contributed by atoms with van der Waals surface area (Å²) in [6.45, 7) is 0. The number of hydrogen-bond acceptors (Lipinski definition) is 2. The molecule has 0 bridgehead atoms. The Labute approximate surface area is 97.1 Å². The summed E-state index contributed by atoms with van der Waals surface area (Å²) >= 11 is 0. The number of hydrogen-bond donors (Lipinski definition) is 1. The van der Waals surface area contributed by atoms with Gasteiger partial charge in [-0.25, -0.2) is 0 Å². The van der Waals surface area contributed by atoms with E-state index in [-0.39, 0.29) is 0 Å². The van der Waals surface area contributed by atoms with E-state index in [1.54, 1.807) is 0 Å². The van der Waals surface area contributed by atoms with E-state index < -0.39 is 0 Å². The largest absolute Gasteiger partial charge is 0.278 e. The van der Waals surface area contributed by atoms with Gasteiger partial charge in [-0.2, -0.15) is 5.10 Å². The summed E-state index contributed by atoms with van der Waals surface area (Å²) in [5.41, 5.74) is 1.07. The van der Waals surface area contributed by atoms with Crippen molar-refractivity contribution in [1.29, 1.82) is 0 Å². The molecule has 2 heterocycles. The lowest BCUT2D eigenvalue weighted by Gasteiger charge is -2.02. The number of H-pyrrole nitrogens is 1. The van der Waals surface area contributed by atoms with Crippen LogP contribution in [-0.2, 0) is 0 Å². The maximum atomic E-state index is 4.16. The normalized spacial score (nSPS) is 11.5. The van der Waals surface area contributed by atoms with E-state index in [0.29, 0.717) is 0 Å². The molecule has 80 valence electrons. The average molecular weight is 219 g/mol. The van der Waals surface area contributed by atoms with Crippen molar-refractivity contribution in [2.24, 2.45) is 0 Å². The van der Waals surface area contributed by atoms with Crippen molar-refractivity contribution in [3.8, 4) is 0 Å². The predicted molar refractivity (Wildman–Crippen MR) is 68.9 cm³/mol. The summed E-state index contributed by atoms with van der Waals surface area (Å²) in [6.07, 6.45) is 5.60. The van der Waals surface area contributed by atoms with E-state index in [0.717, 1.165) is 16.3 Å². The molecule has 1 N–H and O–H groups in total. The quantitative estimate of drug-likeness (QED) is 0.461. The highest BCUT2D eigenvalue weighted by atomic mass is 15.1. The number of aromatic nitrogens is 3. The zero-order chi connectivity index (χ0) is 11.2. The van der Waals surface area contributed by atoms with Gasteiger partial charge in [0.25, 0.3) is 0 Å². The molecule has 0 aliphatic carbocycles. The van der Waals surface area contributed by atoms with Gasteiger partial charge in [0.2, 0.25) is 0 Å². The molecule has 0 fully saturated rings. The molecular formula is C14H9N3. The standard InChI is InChI=1S/C14H9N3/c1-2-14-13(8-16-17-14)12-6-11-7-15-4-3-9(11)5-10(1)12/h1-8H,(H,16,17). The highest BCUT2D eigenvalue weighted by Crippen LogP contribution is 2.27. The first-order chi connectivity index (χ1) is 8.42. The number of rotatable bonds is 0. The summed E-state index contributed by atoms with van der Waals surface area (Å²) in [7, 11) is 0. The molecular weight excluding hydrogens is 210 g/mol. The van der Waals surface area contributed by atoms with Crippen LogP contribution in [0.1, 0.15) is 0 Å². The molecule has 0 atom stereocenters. The third-order valence-corrected chi connectivity index (χ3v) is 3.20. The topological polar surface area (TPSA) is 41.6 Å². The molecule has 0 saturated carbocycles. The van der Waals surface area contributed by atoms with E-state index in [9.17, 15) is 0 Å².